The Morgan fingerprint density at radius 3 is 0.602 bits per heavy atom. The number of carbonyl (C=O) groups excluding carboxylic acids is 4. The lowest BCUT2D eigenvalue weighted by Gasteiger charge is -2.21. The maximum absolute atomic E-state index is 13.1. The van der Waals surface area contributed by atoms with E-state index in [1.807, 2.05) is 0 Å². The molecule has 3 N–H and O–H groups in total. The Bertz CT molecular complexity index is 1860. The van der Waals surface area contributed by atoms with Gasteiger partial charge in [0.1, 0.15) is 19.3 Å². The van der Waals surface area contributed by atoms with E-state index < -0.39 is 97.5 Å². The van der Waals surface area contributed by atoms with Crippen molar-refractivity contribution in [3.63, 3.8) is 0 Å². The van der Waals surface area contributed by atoms with Gasteiger partial charge in [0.05, 0.1) is 26.4 Å². The van der Waals surface area contributed by atoms with Crippen molar-refractivity contribution in [3.05, 3.63) is 0 Å². The molecule has 0 aromatic rings. The first-order valence-corrected chi connectivity index (χ1v) is 44.3. The molecule has 0 aliphatic carbocycles. The van der Waals surface area contributed by atoms with Gasteiger partial charge in [-0.15, -0.1) is 0 Å². The van der Waals surface area contributed by atoms with Crippen molar-refractivity contribution in [1.29, 1.82) is 0 Å². The molecule has 0 radical (unpaired) electrons. The van der Waals surface area contributed by atoms with Crippen LogP contribution in [-0.2, 0) is 65.4 Å². The Morgan fingerprint density at radius 1 is 0.245 bits per heavy atom. The lowest BCUT2D eigenvalue weighted by Crippen LogP contribution is -2.30. The van der Waals surface area contributed by atoms with Crippen molar-refractivity contribution in [3.8, 4) is 0 Å². The lowest BCUT2D eigenvalue weighted by molar-refractivity contribution is -0.161. The van der Waals surface area contributed by atoms with Crippen LogP contribution in [0.5, 0.6) is 0 Å². The van der Waals surface area contributed by atoms with E-state index in [4.69, 9.17) is 37.0 Å². The predicted molar refractivity (Wildman–Crippen MR) is 400 cm³/mol. The monoisotopic (exact) mass is 1440 g/mol. The van der Waals surface area contributed by atoms with Crippen molar-refractivity contribution in [2.45, 2.75) is 444 Å². The standard InChI is InChI=1S/C79H154O17P2/c1-5-9-13-17-21-25-29-32-35-36-37-38-39-42-46-50-54-58-62-66-79(84)96-75(70-90-77(82)64-60-56-52-48-44-40-33-30-26-22-18-14-10-6-2)72-94-98(87,88)92-68-73(80)67-91-97(85,86)93-71-74(69-89-76(81)63-59-55-51-47-43-28-24-20-16-12-8-4)95-78(83)65-61-57-53-49-45-41-34-31-27-23-19-15-11-7-3/h73-75,80H,5-72H2,1-4H3,(H,85,86)(H,87,88)/t73-,74+,75+/m0/s1. The van der Waals surface area contributed by atoms with E-state index in [0.717, 1.165) is 89.9 Å². The van der Waals surface area contributed by atoms with Crippen LogP contribution in [0.1, 0.15) is 426 Å². The van der Waals surface area contributed by atoms with E-state index in [0.29, 0.717) is 25.7 Å². The first kappa shape index (κ1) is 96.1. The summed E-state index contributed by atoms with van der Waals surface area (Å²) in [5.41, 5.74) is 0. The van der Waals surface area contributed by atoms with Crippen LogP contribution in [0.3, 0.4) is 0 Å². The van der Waals surface area contributed by atoms with E-state index in [9.17, 15) is 43.2 Å². The summed E-state index contributed by atoms with van der Waals surface area (Å²) in [6, 6.07) is 0. The normalized spacial score (nSPS) is 13.8. The van der Waals surface area contributed by atoms with Gasteiger partial charge < -0.3 is 33.8 Å². The Hall–Kier alpha value is -1.94. The summed E-state index contributed by atoms with van der Waals surface area (Å²) in [6.45, 7) is 5.02. The van der Waals surface area contributed by atoms with E-state index in [-0.39, 0.29) is 25.7 Å². The molecule has 98 heavy (non-hydrogen) atoms. The largest absolute Gasteiger partial charge is 0.472 e. The van der Waals surface area contributed by atoms with Crippen molar-refractivity contribution in [2.24, 2.45) is 0 Å². The third-order valence-corrected chi connectivity index (χ3v) is 20.5. The summed E-state index contributed by atoms with van der Waals surface area (Å²) in [6.07, 6.45) is 65.0. The smallest absolute Gasteiger partial charge is 0.462 e. The van der Waals surface area contributed by atoms with Gasteiger partial charge in [0.25, 0.3) is 0 Å². The first-order valence-electron chi connectivity index (χ1n) is 41.3. The van der Waals surface area contributed by atoms with E-state index >= 15 is 0 Å². The van der Waals surface area contributed by atoms with Crippen LogP contribution in [0.2, 0.25) is 0 Å². The van der Waals surface area contributed by atoms with Crippen LogP contribution >= 0.6 is 15.6 Å². The molecule has 0 rings (SSSR count). The lowest BCUT2D eigenvalue weighted by atomic mass is 10.0. The highest BCUT2D eigenvalue weighted by Crippen LogP contribution is 2.45. The second-order valence-electron chi connectivity index (χ2n) is 28.5. The molecule has 0 aromatic carbocycles. The number of aliphatic hydroxyl groups excluding tert-OH is 1. The summed E-state index contributed by atoms with van der Waals surface area (Å²) < 4.78 is 68.7. The fraction of sp³-hybridized carbons (Fsp3) is 0.949. The minimum absolute atomic E-state index is 0.109. The van der Waals surface area contributed by atoms with E-state index in [1.165, 1.54) is 257 Å². The van der Waals surface area contributed by atoms with Crippen LogP contribution in [0.4, 0.5) is 0 Å². The number of hydrogen-bond acceptors (Lipinski definition) is 15. The number of esters is 4. The van der Waals surface area contributed by atoms with E-state index in [2.05, 4.69) is 27.7 Å². The molecule has 582 valence electrons. The van der Waals surface area contributed by atoms with Gasteiger partial charge in [-0.3, -0.25) is 37.3 Å². The molecule has 0 amide bonds. The zero-order chi connectivity index (χ0) is 71.8. The molecule has 0 fully saturated rings. The van der Waals surface area contributed by atoms with Crippen LogP contribution in [-0.4, -0.2) is 96.7 Å². The Balaban J connectivity index is 5.24. The van der Waals surface area contributed by atoms with Crippen LogP contribution in [0.15, 0.2) is 0 Å². The van der Waals surface area contributed by atoms with Gasteiger partial charge in [0.15, 0.2) is 12.2 Å². The molecule has 0 saturated heterocycles. The second kappa shape index (κ2) is 73.4. The maximum atomic E-state index is 13.1. The van der Waals surface area contributed by atoms with Gasteiger partial charge in [0.2, 0.25) is 0 Å². The van der Waals surface area contributed by atoms with Gasteiger partial charge in [0, 0.05) is 25.7 Å². The zero-order valence-corrected chi connectivity index (χ0v) is 65.6. The third kappa shape index (κ3) is 72.4. The molecule has 0 heterocycles. The number of carbonyl (C=O) groups is 4. The highest BCUT2D eigenvalue weighted by atomic mass is 31.2. The van der Waals surface area contributed by atoms with Crippen molar-refractivity contribution < 1.29 is 80.2 Å². The summed E-state index contributed by atoms with van der Waals surface area (Å²) in [7, 11) is -9.91. The molecule has 2 unspecified atom stereocenters. The summed E-state index contributed by atoms with van der Waals surface area (Å²) in [5.74, 6) is -2.10. The molecule has 0 saturated carbocycles. The van der Waals surface area contributed by atoms with Gasteiger partial charge in [-0.1, -0.05) is 374 Å². The molecule has 0 aliphatic heterocycles. The number of phosphoric acid groups is 2. The molecule has 0 spiro atoms. The number of hydrogen-bond donors (Lipinski definition) is 3. The number of unbranched alkanes of at least 4 members (excludes halogenated alkanes) is 54. The highest BCUT2D eigenvalue weighted by Gasteiger charge is 2.30. The summed E-state index contributed by atoms with van der Waals surface area (Å²) in [5, 5.41) is 10.6. The average molecular weight is 1440 g/mol. The third-order valence-electron chi connectivity index (χ3n) is 18.6. The summed E-state index contributed by atoms with van der Waals surface area (Å²) in [4.78, 5) is 72.9. The second-order valence-corrected chi connectivity index (χ2v) is 31.4. The topological polar surface area (TPSA) is 237 Å². The molecular formula is C79H154O17P2. The Kier molecular flexibility index (Phi) is 71.9. The molecule has 0 aromatic heterocycles. The Morgan fingerprint density at radius 2 is 0.408 bits per heavy atom. The van der Waals surface area contributed by atoms with Crippen LogP contribution in [0, 0.1) is 0 Å². The number of rotatable bonds is 80. The van der Waals surface area contributed by atoms with Crippen LogP contribution < -0.4 is 0 Å². The van der Waals surface area contributed by atoms with Gasteiger partial charge in [-0.25, -0.2) is 9.13 Å². The highest BCUT2D eigenvalue weighted by molar-refractivity contribution is 7.47. The maximum Gasteiger partial charge on any atom is 0.472 e. The van der Waals surface area contributed by atoms with Crippen LogP contribution in [0.25, 0.3) is 0 Å². The number of ether oxygens (including phenoxy) is 4. The minimum Gasteiger partial charge on any atom is -0.462 e. The first-order chi connectivity index (χ1) is 47.7. The predicted octanol–water partition coefficient (Wildman–Crippen LogP) is 23.8. The van der Waals surface area contributed by atoms with Crippen molar-refractivity contribution in [1.82, 2.24) is 0 Å². The average Bonchev–Trinajstić information content (AvgIpc) is 1.10. The van der Waals surface area contributed by atoms with Gasteiger partial charge >= 0.3 is 39.5 Å². The SMILES string of the molecule is CCCCCCCCCCCCCCCCCCCCCC(=O)O[C@H](COC(=O)CCCCCCCCCCCCCCCC)COP(=O)(O)OC[C@@H](O)COP(=O)(O)OC[C@@H](COC(=O)CCCCCCCCCCCCC)OC(=O)CCCCCCCCCCCCCCCC. The Labute approximate surface area is 600 Å². The molecule has 5 atom stereocenters. The number of phosphoric ester groups is 2. The quantitative estimate of drug-likeness (QED) is 0.0222. The number of aliphatic hydroxyl groups is 1. The van der Waals surface area contributed by atoms with Gasteiger partial charge in [-0.2, -0.15) is 0 Å². The fourth-order valence-corrected chi connectivity index (χ4v) is 13.9. The molecule has 19 heteroatoms. The van der Waals surface area contributed by atoms with E-state index in [1.54, 1.807) is 0 Å². The fourth-order valence-electron chi connectivity index (χ4n) is 12.3. The minimum atomic E-state index is -4.96. The molecule has 17 nitrogen and oxygen atoms in total. The van der Waals surface area contributed by atoms with Crippen molar-refractivity contribution in [2.75, 3.05) is 39.6 Å². The molecule has 0 aliphatic rings. The summed E-state index contributed by atoms with van der Waals surface area (Å²) >= 11 is 0. The molecular weight excluding hydrogens is 1280 g/mol. The van der Waals surface area contributed by atoms with Gasteiger partial charge in [-0.05, 0) is 25.7 Å². The molecule has 0 bridgehead atoms. The van der Waals surface area contributed by atoms with Crippen molar-refractivity contribution >= 4 is 39.5 Å². The zero-order valence-electron chi connectivity index (χ0n) is 63.8.